The molecule has 0 aromatic heterocycles. The van der Waals surface area contributed by atoms with Gasteiger partial charge < -0.3 is 5.32 Å². The number of nitrogens with zero attached hydrogens (tertiary/aromatic N) is 1. The number of hydrogen-bond donors (Lipinski definition) is 1. The summed E-state index contributed by atoms with van der Waals surface area (Å²) in [6, 6.07) is 14.2. The summed E-state index contributed by atoms with van der Waals surface area (Å²) >= 11 is 0. The highest BCUT2D eigenvalue weighted by molar-refractivity contribution is 7.92. The normalized spacial score (nSPS) is 12.5. The van der Waals surface area contributed by atoms with Gasteiger partial charge in [-0.1, -0.05) is 43.3 Å². The van der Waals surface area contributed by atoms with Gasteiger partial charge in [-0.05, 0) is 49.1 Å². The number of carbonyl (C=O) groups excluding carboxylic acids is 1. The summed E-state index contributed by atoms with van der Waals surface area (Å²) in [6.45, 7) is 6.07. The summed E-state index contributed by atoms with van der Waals surface area (Å²) in [4.78, 5) is 12.7. The third-order valence-electron chi connectivity index (χ3n) is 4.38. The number of benzene rings is 2. The average Bonchev–Trinajstić information content (AvgIpc) is 2.60. The smallest absolute Gasteiger partial charge is 0.244 e. The second-order valence-corrected chi connectivity index (χ2v) is 8.31. The SMILES string of the molecule is CC[C@H](C(=O)NCc1ccccc1)N(c1ccc(C)c(C)c1)S(C)(=O)=O. The monoisotopic (exact) mass is 374 g/mol. The second kappa shape index (κ2) is 8.36. The minimum Gasteiger partial charge on any atom is -0.350 e. The Bertz CT molecular complexity index is 864. The van der Waals surface area contributed by atoms with E-state index in [2.05, 4.69) is 5.32 Å². The van der Waals surface area contributed by atoms with E-state index in [0.29, 0.717) is 18.7 Å². The summed E-state index contributed by atoms with van der Waals surface area (Å²) in [6.07, 6.45) is 1.51. The predicted octanol–water partition coefficient (Wildman–Crippen LogP) is 3.16. The van der Waals surface area contributed by atoms with Crippen molar-refractivity contribution in [1.82, 2.24) is 5.32 Å². The van der Waals surface area contributed by atoms with E-state index in [4.69, 9.17) is 0 Å². The first-order valence-electron chi connectivity index (χ1n) is 8.62. The molecule has 0 aliphatic heterocycles. The number of anilines is 1. The van der Waals surface area contributed by atoms with Gasteiger partial charge in [-0.25, -0.2) is 8.42 Å². The van der Waals surface area contributed by atoms with Crippen molar-refractivity contribution in [1.29, 1.82) is 0 Å². The second-order valence-electron chi connectivity index (χ2n) is 6.45. The number of hydrogen-bond acceptors (Lipinski definition) is 3. The van der Waals surface area contributed by atoms with Crippen LogP contribution in [0.3, 0.4) is 0 Å². The van der Waals surface area contributed by atoms with Crippen molar-refractivity contribution >= 4 is 21.6 Å². The third kappa shape index (κ3) is 4.85. The van der Waals surface area contributed by atoms with Gasteiger partial charge >= 0.3 is 0 Å². The molecule has 1 N–H and O–H groups in total. The van der Waals surface area contributed by atoms with E-state index >= 15 is 0 Å². The summed E-state index contributed by atoms with van der Waals surface area (Å²) in [5.41, 5.74) is 3.53. The molecule has 0 saturated carbocycles. The van der Waals surface area contributed by atoms with Gasteiger partial charge in [0.1, 0.15) is 6.04 Å². The fraction of sp³-hybridized carbons (Fsp3) is 0.350. The van der Waals surface area contributed by atoms with Gasteiger partial charge in [-0.3, -0.25) is 9.10 Å². The van der Waals surface area contributed by atoms with E-state index in [1.807, 2.05) is 63.2 Å². The van der Waals surface area contributed by atoms with Crippen molar-refractivity contribution in [2.24, 2.45) is 0 Å². The van der Waals surface area contributed by atoms with Crippen molar-refractivity contribution in [2.45, 2.75) is 39.8 Å². The lowest BCUT2D eigenvalue weighted by molar-refractivity contribution is -0.122. The highest BCUT2D eigenvalue weighted by Crippen LogP contribution is 2.25. The Morgan fingerprint density at radius 1 is 1.08 bits per heavy atom. The zero-order valence-corrected chi connectivity index (χ0v) is 16.5. The third-order valence-corrected chi connectivity index (χ3v) is 5.56. The fourth-order valence-corrected chi connectivity index (χ4v) is 4.03. The van der Waals surface area contributed by atoms with E-state index in [1.165, 1.54) is 4.31 Å². The van der Waals surface area contributed by atoms with Crippen LogP contribution in [-0.4, -0.2) is 26.6 Å². The van der Waals surface area contributed by atoms with Crippen LogP contribution in [0.25, 0.3) is 0 Å². The first-order chi connectivity index (χ1) is 12.2. The number of nitrogens with one attached hydrogen (secondary N) is 1. The zero-order valence-electron chi connectivity index (χ0n) is 15.7. The molecule has 26 heavy (non-hydrogen) atoms. The van der Waals surface area contributed by atoms with Crippen LogP contribution in [0.2, 0.25) is 0 Å². The number of amides is 1. The Balaban J connectivity index is 2.29. The molecular formula is C20H26N2O3S. The van der Waals surface area contributed by atoms with Crippen LogP contribution in [0.4, 0.5) is 5.69 Å². The summed E-state index contributed by atoms with van der Waals surface area (Å²) in [7, 11) is -3.61. The highest BCUT2D eigenvalue weighted by atomic mass is 32.2. The van der Waals surface area contributed by atoms with Gasteiger partial charge in [0.25, 0.3) is 0 Å². The van der Waals surface area contributed by atoms with Crippen LogP contribution in [0.1, 0.15) is 30.0 Å². The average molecular weight is 375 g/mol. The van der Waals surface area contributed by atoms with Gasteiger partial charge in [0.15, 0.2) is 0 Å². The zero-order chi connectivity index (χ0) is 19.3. The van der Waals surface area contributed by atoms with Crippen molar-refractivity contribution in [3.05, 3.63) is 65.2 Å². The molecule has 2 aromatic carbocycles. The van der Waals surface area contributed by atoms with E-state index < -0.39 is 16.1 Å². The molecule has 0 fully saturated rings. The molecule has 0 bridgehead atoms. The topological polar surface area (TPSA) is 66.5 Å². The van der Waals surface area contributed by atoms with Gasteiger partial charge in [-0.15, -0.1) is 0 Å². The van der Waals surface area contributed by atoms with Crippen molar-refractivity contribution in [2.75, 3.05) is 10.6 Å². The van der Waals surface area contributed by atoms with Crippen LogP contribution in [-0.2, 0) is 21.4 Å². The number of sulfonamides is 1. The van der Waals surface area contributed by atoms with Gasteiger partial charge in [0.05, 0.1) is 11.9 Å². The van der Waals surface area contributed by atoms with Gasteiger partial charge in [-0.2, -0.15) is 0 Å². The molecule has 1 atom stereocenters. The molecule has 0 aliphatic carbocycles. The molecule has 0 spiro atoms. The highest BCUT2D eigenvalue weighted by Gasteiger charge is 2.31. The minimum absolute atomic E-state index is 0.306. The molecule has 2 rings (SSSR count). The predicted molar refractivity (Wildman–Crippen MR) is 106 cm³/mol. The standard InChI is InChI=1S/C20H26N2O3S/c1-5-19(20(23)21-14-17-9-7-6-8-10-17)22(26(4,24)25)18-12-11-15(2)16(3)13-18/h6-13,19H,5,14H2,1-4H3,(H,21,23)/t19-/m1/s1. The van der Waals surface area contributed by atoms with Crippen molar-refractivity contribution < 1.29 is 13.2 Å². The molecule has 0 radical (unpaired) electrons. The first-order valence-corrected chi connectivity index (χ1v) is 10.5. The molecule has 0 heterocycles. The van der Waals surface area contributed by atoms with Crippen LogP contribution >= 0.6 is 0 Å². The molecular weight excluding hydrogens is 348 g/mol. The number of aryl methyl sites for hydroxylation is 2. The minimum atomic E-state index is -3.61. The molecule has 5 nitrogen and oxygen atoms in total. The number of carbonyl (C=O) groups is 1. The molecule has 2 aromatic rings. The summed E-state index contributed by atoms with van der Waals surface area (Å²) in [5, 5.41) is 2.85. The maximum Gasteiger partial charge on any atom is 0.244 e. The lowest BCUT2D eigenvalue weighted by atomic mass is 10.1. The lowest BCUT2D eigenvalue weighted by Crippen LogP contribution is -2.49. The Labute approximate surface area is 156 Å². The van der Waals surface area contributed by atoms with Crippen molar-refractivity contribution in [3.63, 3.8) is 0 Å². The van der Waals surface area contributed by atoms with Crippen LogP contribution in [0.5, 0.6) is 0 Å². The Hall–Kier alpha value is -2.34. The maximum atomic E-state index is 12.7. The molecule has 0 saturated heterocycles. The summed E-state index contributed by atoms with van der Waals surface area (Å²) < 4.78 is 26.1. The Morgan fingerprint density at radius 3 is 2.27 bits per heavy atom. The number of rotatable bonds is 7. The van der Waals surface area contributed by atoms with E-state index in [0.717, 1.165) is 22.9 Å². The Morgan fingerprint density at radius 2 is 1.73 bits per heavy atom. The van der Waals surface area contributed by atoms with E-state index in [9.17, 15) is 13.2 Å². The maximum absolute atomic E-state index is 12.7. The first kappa shape index (κ1) is 20.0. The lowest BCUT2D eigenvalue weighted by Gasteiger charge is -2.30. The van der Waals surface area contributed by atoms with Crippen LogP contribution < -0.4 is 9.62 Å². The molecule has 0 unspecified atom stereocenters. The van der Waals surface area contributed by atoms with Crippen LogP contribution in [0.15, 0.2) is 48.5 Å². The fourth-order valence-electron chi connectivity index (χ4n) is 2.83. The molecule has 140 valence electrons. The van der Waals surface area contributed by atoms with Gasteiger partial charge in [0.2, 0.25) is 15.9 Å². The largest absolute Gasteiger partial charge is 0.350 e. The quantitative estimate of drug-likeness (QED) is 0.809. The molecule has 1 amide bonds. The van der Waals surface area contributed by atoms with Crippen LogP contribution in [0, 0.1) is 13.8 Å². The Kier molecular flexibility index (Phi) is 6.42. The molecule has 0 aliphatic rings. The van der Waals surface area contributed by atoms with E-state index in [-0.39, 0.29) is 5.91 Å². The van der Waals surface area contributed by atoms with Crippen molar-refractivity contribution in [3.8, 4) is 0 Å². The molecule has 6 heteroatoms. The van der Waals surface area contributed by atoms with E-state index in [1.54, 1.807) is 6.07 Å². The summed E-state index contributed by atoms with van der Waals surface area (Å²) in [5.74, 6) is -0.306. The van der Waals surface area contributed by atoms with Gasteiger partial charge in [0, 0.05) is 6.54 Å².